The predicted molar refractivity (Wildman–Crippen MR) is 65.1 cm³/mol. The van der Waals surface area contributed by atoms with Crippen molar-refractivity contribution < 1.29 is 10.4 Å². The largest absolute Gasteiger partial charge is 0.423 e. The fraction of sp³-hybridized carbons (Fsp3) is 0.111. The number of hydrogen-bond donors (Lipinski definition) is 5. The number of thiophene rings is 1. The highest BCUT2D eigenvalue weighted by atomic mass is 32.1. The molecular formula is C9H12N6O2S. The van der Waals surface area contributed by atoms with Crippen LogP contribution in [0.15, 0.2) is 22.5 Å². The molecule has 0 aromatic carbocycles. The number of nitrogens with two attached hydrogens (primary N) is 2. The van der Waals surface area contributed by atoms with Gasteiger partial charge in [0.1, 0.15) is 5.69 Å². The average molecular weight is 268 g/mol. The molecule has 18 heavy (non-hydrogen) atoms. The van der Waals surface area contributed by atoms with Crippen molar-refractivity contribution in [3.8, 4) is 0 Å². The van der Waals surface area contributed by atoms with Gasteiger partial charge in [0.05, 0.1) is 6.54 Å². The molecule has 96 valence electrons. The molecule has 2 heterocycles. The van der Waals surface area contributed by atoms with E-state index in [9.17, 15) is 10.4 Å². The zero-order valence-corrected chi connectivity index (χ0v) is 10.1. The Hall–Kier alpha value is -2.42. The molecule has 0 aliphatic rings. The maximum absolute atomic E-state index is 9.67. The predicted octanol–water partition coefficient (Wildman–Crippen LogP) is -0.430. The Labute approximate surface area is 105 Å². The summed E-state index contributed by atoms with van der Waals surface area (Å²) in [7, 11) is 0. The molecule has 8 nitrogen and oxygen atoms in total. The lowest BCUT2D eigenvalue weighted by molar-refractivity contribution is 0.0984. The number of nitrogen functional groups attached to an aromatic ring is 2. The first-order chi connectivity index (χ1) is 8.52. The summed E-state index contributed by atoms with van der Waals surface area (Å²) in [5, 5.41) is 28.7. The van der Waals surface area contributed by atoms with E-state index in [1.54, 1.807) is 0 Å². The van der Waals surface area contributed by atoms with Crippen molar-refractivity contribution in [1.82, 2.24) is 9.46 Å². The van der Waals surface area contributed by atoms with Crippen LogP contribution in [0.4, 0.5) is 11.5 Å². The molecule has 2 aromatic rings. The van der Waals surface area contributed by atoms with Crippen LogP contribution in [0, 0.1) is 5.41 Å². The molecule has 0 spiro atoms. The molecule has 0 aliphatic heterocycles. The lowest BCUT2D eigenvalue weighted by Gasteiger charge is -2.09. The third-order valence-corrected chi connectivity index (χ3v) is 3.17. The maximum atomic E-state index is 9.67. The summed E-state index contributed by atoms with van der Waals surface area (Å²) in [4.78, 5) is 4.93. The van der Waals surface area contributed by atoms with E-state index in [2.05, 4.69) is 4.99 Å². The van der Waals surface area contributed by atoms with Gasteiger partial charge in [-0.15, -0.1) is 20.8 Å². The van der Waals surface area contributed by atoms with Crippen LogP contribution in [0.3, 0.4) is 0 Å². The highest BCUT2D eigenvalue weighted by molar-refractivity contribution is 7.09. The van der Waals surface area contributed by atoms with Gasteiger partial charge in [0.15, 0.2) is 11.3 Å². The van der Waals surface area contributed by atoms with Gasteiger partial charge < -0.3 is 21.9 Å². The standard InChI is InChI=1S/C9H12N6O2S/c10-6-7(11)14(16)9(15(17)8(6)12)13-4-5-2-1-3-18-5/h1-3,11,16-17H,4,10,12H2. The quantitative estimate of drug-likeness (QED) is 0.471. The van der Waals surface area contributed by atoms with E-state index in [0.717, 1.165) is 4.88 Å². The van der Waals surface area contributed by atoms with Gasteiger partial charge in [-0.2, -0.15) is 0 Å². The van der Waals surface area contributed by atoms with E-state index < -0.39 is 5.49 Å². The second-order valence-corrected chi connectivity index (χ2v) is 4.50. The Morgan fingerprint density at radius 1 is 1.33 bits per heavy atom. The van der Waals surface area contributed by atoms with Gasteiger partial charge in [0.2, 0.25) is 0 Å². The number of nitrogens with one attached hydrogen (secondary N) is 1. The van der Waals surface area contributed by atoms with Crippen molar-refractivity contribution in [1.29, 1.82) is 5.41 Å². The number of rotatable bonds is 2. The lowest BCUT2D eigenvalue weighted by atomic mass is 10.4. The zero-order chi connectivity index (χ0) is 13.3. The maximum Gasteiger partial charge on any atom is 0.276 e. The van der Waals surface area contributed by atoms with Crippen molar-refractivity contribution >= 4 is 22.8 Å². The second kappa shape index (κ2) is 4.45. The molecule has 0 saturated heterocycles. The average Bonchev–Trinajstić information content (AvgIpc) is 2.87. The van der Waals surface area contributed by atoms with Crippen molar-refractivity contribution in [3.63, 3.8) is 0 Å². The Kier molecular flexibility index (Phi) is 2.98. The van der Waals surface area contributed by atoms with Crippen molar-refractivity contribution in [2.75, 3.05) is 11.5 Å². The third-order valence-electron chi connectivity index (χ3n) is 2.31. The Bertz CT molecular complexity index is 684. The molecule has 0 amide bonds. The molecule has 0 atom stereocenters. The molecule has 0 aliphatic carbocycles. The van der Waals surface area contributed by atoms with E-state index in [1.165, 1.54) is 11.3 Å². The van der Waals surface area contributed by atoms with Crippen LogP contribution in [0.2, 0.25) is 0 Å². The molecule has 2 aromatic heterocycles. The fourth-order valence-electron chi connectivity index (χ4n) is 1.33. The minimum absolute atomic E-state index is 0.227. The molecule has 2 rings (SSSR count). The molecule has 9 heteroatoms. The van der Waals surface area contributed by atoms with E-state index in [-0.39, 0.29) is 23.7 Å². The van der Waals surface area contributed by atoms with Gasteiger partial charge in [-0.1, -0.05) is 6.07 Å². The number of aromatic nitrogens is 2. The summed E-state index contributed by atoms with van der Waals surface area (Å²) < 4.78 is 0.820. The van der Waals surface area contributed by atoms with Gasteiger partial charge in [-0.3, -0.25) is 5.41 Å². The first-order valence-electron chi connectivity index (χ1n) is 4.91. The normalized spacial score (nSPS) is 11.9. The van der Waals surface area contributed by atoms with Crippen LogP contribution in [0.1, 0.15) is 4.88 Å². The molecular weight excluding hydrogens is 256 g/mol. The van der Waals surface area contributed by atoms with Gasteiger partial charge in [0, 0.05) is 4.88 Å². The van der Waals surface area contributed by atoms with Crippen molar-refractivity contribution in [3.05, 3.63) is 33.5 Å². The van der Waals surface area contributed by atoms with Crippen LogP contribution >= 0.6 is 11.3 Å². The van der Waals surface area contributed by atoms with Crippen LogP contribution in [-0.4, -0.2) is 19.9 Å². The summed E-state index contributed by atoms with van der Waals surface area (Å²) in [5.41, 5.74) is 10.00. The van der Waals surface area contributed by atoms with Crippen molar-refractivity contribution in [2.24, 2.45) is 4.99 Å². The second-order valence-electron chi connectivity index (χ2n) is 3.47. The van der Waals surface area contributed by atoms with Gasteiger partial charge in [-0.25, -0.2) is 4.99 Å². The summed E-state index contributed by atoms with van der Waals surface area (Å²) >= 11 is 1.49. The molecule has 0 bridgehead atoms. The van der Waals surface area contributed by atoms with Gasteiger partial charge in [-0.05, 0) is 11.4 Å². The summed E-state index contributed by atoms with van der Waals surface area (Å²) in [5.74, 6) is -0.241. The summed E-state index contributed by atoms with van der Waals surface area (Å²) in [6.45, 7) is 0.252. The minimum Gasteiger partial charge on any atom is -0.423 e. The summed E-state index contributed by atoms with van der Waals surface area (Å²) in [6, 6.07) is 3.72. The van der Waals surface area contributed by atoms with E-state index >= 15 is 0 Å². The van der Waals surface area contributed by atoms with E-state index in [1.807, 2.05) is 17.5 Å². The van der Waals surface area contributed by atoms with Gasteiger partial charge in [0.25, 0.3) is 5.62 Å². The monoisotopic (exact) mass is 268 g/mol. The fourth-order valence-corrected chi connectivity index (χ4v) is 1.96. The van der Waals surface area contributed by atoms with Crippen LogP contribution in [0.5, 0.6) is 0 Å². The van der Waals surface area contributed by atoms with Crippen LogP contribution in [-0.2, 0) is 6.54 Å². The first-order valence-corrected chi connectivity index (χ1v) is 5.79. The zero-order valence-electron chi connectivity index (χ0n) is 9.24. The number of hydrogen-bond acceptors (Lipinski definition) is 7. The highest BCUT2D eigenvalue weighted by Crippen LogP contribution is 2.09. The van der Waals surface area contributed by atoms with Gasteiger partial charge >= 0.3 is 0 Å². The SMILES string of the molecule is N=c1c(N)c(N)n(O)c(=NCc2cccs2)n1O. The number of nitrogens with zero attached hydrogens (tertiary/aromatic N) is 3. The summed E-state index contributed by atoms with van der Waals surface area (Å²) in [6.07, 6.45) is 0. The lowest BCUT2D eigenvalue weighted by Crippen LogP contribution is -2.41. The molecule has 7 N–H and O–H groups in total. The van der Waals surface area contributed by atoms with Crippen molar-refractivity contribution in [2.45, 2.75) is 6.54 Å². The third kappa shape index (κ3) is 1.91. The Morgan fingerprint density at radius 2 is 2.06 bits per heavy atom. The highest BCUT2D eigenvalue weighted by Gasteiger charge is 2.09. The topological polar surface area (TPSA) is 139 Å². The smallest absolute Gasteiger partial charge is 0.276 e. The first kappa shape index (κ1) is 12.0. The minimum atomic E-state index is -0.428. The van der Waals surface area contributed by atoms with E-state index in [0.29, 0.717) is 9.46 Å². The van der Waals surface area contributed by atoms with Crippen LogP contribution < -0.4 is 22.6 Å². The molecule has 0 radical (unpaired) electrons. The molecule has 0 unspecified atom stereocenters. The van der Waals surface area contributed by atoms with Crippen LogP contribution in [0.25, 0.3) is 0 Å². The molecule has 0 saturated carbocycles. The molecule has 0 fully saturated rings. The Balaban J connectivity index is 2.58. The van der Waals surface area contributed by atoms with E-state index in [4.69, 9.17) is 16.9 Å². The Morgan fingerprint density at radius 3 is 2.67 bits per heavy atom. The number of anilines is 2.